The third kappa shape index (κ3) is 1.53. The van der Waals surface area contributed by atoms with Crippen LogP contribution in [0.25, 0.3) is 0 Å². The lowest BCUT2D eigenvalue weighted by atomic mass is 9.85. The zero-order chi connectivity index (χ0) is 8.32. The van der Waals surface area contributed by atoms with E-state index in [1.165, 1.54) is 7.11 Å². The summed E-state index contributed by atoms with van der Waals surface area (Å²) in [5, 5.41) is 10.7. The highest BCUT2D eigenvalue weighted by Crippen LogP contribution is 2.31. The Labute approximate surface area is 66.4 Å². The van der Waals surface area contributed by atoms with Crippen LogP contribution in [0.5, 0.6) is 0 Å². The van der Waals surface area contributed by atoms with E-state index in [9.17, 15) is 9.90 Å². The summed E-state index contributed by atoms with van der Waals surface area (Å²) in [5.41, 5.74) is -0.974. The smallest absolute Gasteiger partial charge is 0.366 e. The second-order valence-electron chi connectivity index (χ2n) is 3.05. The van der Waals surface area contributed by atoms with Crippen molar-refractivity contribution in [3.63, 3.8) is 0 Å². The van der Waals surface area contributed by atoms with Gasteiger partial charge in [0.15, 0.2) is 5.60 Å². The van der Waals surface area contributed by atoms with Crippen LogP contribution in [0.2, 0.25) is 0 Å². The summed E-state index contributed by atoms with van der Waals surface area (Å²) in [6, 6.07) is 0. The zero-order valence-electron chi connectivity index (χ0n) is 6.76. The van der Waals surface area contributed by atoms with Crippen molar-refractivity contribution in [3.05, 3.63) is 0 Å². The average Bonchev–Trinajstić information content (AvgIpc) is 2.05. The number of carbonyl (C=O) groups excluding carboxylic acids is 1. The van der Waals surface area contributed by atoms with Gasteiger partial charge in [-0.25, -0.2) is 9.90 Å². The molecule has 1 radical (unpaired) electrons. The van der Waals surface area contributed by atoms with Crippen LogP contribution in [0.1, 0.15) is 32.1 Å². The zero-order valence-corrected chi connectivity index (χ0v) is 6.76. The van der Waals surface area contributed by atoms with E-state index in [1.807, 2.05) is 0 Å². The number of methoxy groups -OCH3 is 1. The lowest BCUT2D eigenvalue weighted by molar-refractivity contribution is -0.173. The molecule has 1 aliphatic rings. The molecule has 0 atom stereocenters. The molecule has 1 saturated carbocycles. The summed E-state index contributed by atoms with van der Waals surface area (Å²) in [6.07, 6.45) is 4.18. The molecular formula is C8H13O3. The Kier molecular flexibility index (Phi) is 2.49. The quantitative estimate of drug-likeness (QED) is 0.606. The van der Waals surface area contributed by atoms with Crippen LogP contribution in [-0.4, -0.2) is 18.7 Å². The molecule has 0 aromatic rings. The van der Waals surface area contributed by atoms with Crippen molar-refractivity contribution in [1.82, 2.24) is 0 Å². The SMILES string of the molecule is COC1(C([O])=O)CCCCC1. The van der Waals surface area contributed by atoms with Gasteiger partial charge in [-0.3, -0.25) is 0 Å². The van der Waals surface area contributed by atoms with E-state index in [0.717, 1.165) is 19.3 Å². The van der Waals surface area contributed by atoms with Crippen molar-refractivity contribution in [2.45, 2.75) is 37.7 Å². The number of hydrogen-bond acceptors (Lipinski definition) is 2. The molecule has 0 spiro atoms. The summed E-state index contributed by atoms with van der Waals surface area (Å²) in [5.74, 6) is -1.06. The maximum Gasteiger partial charge on any atom is 0.386 e. The van der Waals surface area contributed by atoms with Gasteiger partial charge in [-0.2, -0.15) is 0 Å². The van der Waals surface area contributed by atoms with Crippen LogP contribution < -0.4 is 0 Å². The van der Waals surface area contributed by atoms with Crippen LogP contribution in [0.4, 0.5) is 0 Å². The monoisotopic (exact) mass is 157 g/mol. The van der Waals surface area contributed by atoms with Gasteiger partial charge in [0, 0.05) is 7.11 Å². The van der Waals surface area contributed by atoms with E-state index in [4.69, 9.17) is 4.74 Å². The first-order valence-corrected chi connectivity index (χ1v) is 3.98. The van der Waals surface area contributed by atoms with Gasteiger partial charge in [0.25, 0.3) is 0 Å². The van der Waals surface area contributed by atoms with Crippen molar-refractivity contribution in [2.75, 3.05) is 7.11 Å². The predicted molar refractivity (Wildman–Crippen MR) is 38.5 cm³/mol. The first kappa shape index (κ1) is 8.53. The van der Waals surface area contributed by atoms with Crippen molar-refractivity contribution in [1.29, 1.82) is 0 Å². The third-order valence-electron chi connectivity index (χ3n) is 2.42. The summed E-state index contributed by atoms with van der Waals surface area (Å²) in [6.45, 7) is 0. The molecule has 0 N–H and O–H groups in total. The van der Waals surface area contributed by atoms with Crippen molar-refractivity contribution in [2.24, 2.45) is 0 Å². The van der Waals surface area contributed by atoms with Crippen molar-refractivity contribution < 1.29 is 14.6 Å². The second kappa shape index (κ2) is 3.22. The normalized spacial score (nSPS) is 23.0. The molecule has 0 unspecified atom stereocenters. The van der Waals surface area contributed by atoms with Crippen LogP contribution in [0.3, 0.4) is 0 Å². The number of rotatable bonds is 2. The molecule has 0 heterocycles. The standard InChI is InChI=1S/C8H13O3/c1-11-8(7(9)10)5-3-2-4-6-8/h2-6H2,1H3. The molecule has 0 aromatic heterocycles. The topological polar surface area (TPSA) is 46.2 Å². The molecule has 0 bridgehead atoms. The molecule has 1 aliphatic carbocycles. The maximum atomic E-state index is 10.7. The largest absolute Gasteiger partial charge is 0.386 e. The lowest BCUT2D eigenvalue weighted by Crippen LogP contribution is -2.41. The van der Waals surface area contributed by atoms with Gasteiger partial charge >= 0.3 is 5.97 Å². The first-order chi connectivity index (χ1) is 5.21. The van der Waals surface area contributed by atoms with E-state index >= 15 is 0 Å². The van der Waals surface area contributed by atoms with Gasteiger partial charge in [-0.1, -0.05) is 6.42 Å². The molecule has 0 amide bonds. The summed E-state index contributed by atoms with van der Waals surface area (Å²) in [7, 11) is 1.45. The van der Waals surface area contributed by atoms with Gasteiger partial charge in [0.05, 0.1) is 0 Å². The van der Waals surface area contributed by atoms with E-state index in [0.29, 0.717) is 12.8 Å². The molecule has 0 saturated heterocycles. The summed E-state index contributed by atoms with van der Waals surface area (Å²) in [4.78, 5) is 10.7. The molecule has 3 nitrogen and oxygen atoms in total. The van der Waals surface area contributed by atoms with Gasteiger partial charge in [-0.15, -0.1) is 0 Å². The summed E-state index contributed by atoms with van der Waals surface area (Å²) < 4.78 is 4.98. The van der Waals surface area contributed by atoms with E-state index in [2.05, 4.69) is 0 Å². The van der Waals surface area contributed by atoms with Gasteiger partial charge in [0.1, 0.15) is 0 Å². The molecule has 63 valence electrons. The lowest BCUT2D eigenvalue weighted by Gasteiger charge is -2.30. The molecule has 0 aliphatic heterocycles. The van der Waals surface area contributed by atoms with Gasteiger partial charge in [-0.05, 0) is 25.7 Å². The molecule has 1 fully saturated rings. The van der Waals surface area contributed by atoms with Crippen molar-refractivity contribution in [3.8, 4) is 0 Å². The molecular weight excluding hydrogens is 144 g/mol. The maximum absolute atomic E-state index is 10.7. The predicted octanol–water partition coefficient (Wildman–Crippen LogP) is 1.29. The van der Waals surface area contributed by atoms with Crippen molar-refractivity contribution >= 4 is 5.97 Å². The molecule has 3 heteroatoms. The second-order valence-corrected chi connectivity index (χ2v) is 3.05. The Bertz CT molecular complexity index is 147. The minimum Gasteiger partial charge on any atom is -0.366 e. The Balaban J connectivity index is 2.64. The van der Waals surface area contributed by atoms with Gasteiger partial charge < -0.3 is 4.74 Å². The Morgan fingerprint density at radius 1 is 1.27 bits per heavy atom. The fraction of sp³-hybridized carbons (Fsp3) is 0.875. The highest BCUT2D eigenvalue weighted by Gasteiger charge is 2.40. The first-order valence-electron chi connectivity index (χ1n) is 3.98. The number of hydrogen-bond donors (Lipinski definition) is 0. The van der Waals surface area contributed by atoms with Crippen LogP contribution in [0.15, 0.2) is 0 Å². The Morgan fingerprint density at radius 2 is 1.82 bits per heavy atom. The fourth-order valence-electron chi connectivity index (χ4n) is 1.61. The minimum atomic E-state index is -1.06. The average molecular weight is 157 g/mol. The fourth-order valence-corrected chi connectivity index (χ4v) is 1.61. The molecule has 0 aromatic carbocycles. The highest BCUT2D eigenvalue weighted by atomic mass is 16.5. The van der Waals surface area contributed by atoms with E-state index in [1.54, 1.807) is 0 Å². The van der Waals surface area contributed by atoms with E-state index in [-0.39, 0.29) is 0 Å². The Morgan fingerprint density at radius 3 is 2.09 bits per heavy atom. The van der Waals surface area contributed by atoms with Gasteiger partial charge in [0.2, 0.25) is 0 Å². The van der Waals surface area contributed by atoms with E-state index < -0.39 is 11.6 Å². The summed E-state index contributed by atoms with van der Waals surface area (Å²) >= 11 is 0. The van der Waals surface area contributed by atoms with Crippen LogP contribution in [-0.2, 0) is 14.6 Å². The molecule has 11 heavy (non-hydrogen) atoms. The minimum absolute atomic E-state index is 0.603. The number of carbonyl (C=O) groups is 1. The van der Waals surface area contributed by atoms with Crippen LogP contribution in [0, 0.1) is 0 Å². The number of ether oxygens (including phenoxy) is 1. The third-order valence-corrected chi connectivity index (χ3v) is 2.42. The Hall–Kier alpha value is -0.570. The van der Waals surface area contributed by atoms with Crippen LogP contribution >= 0.6 is 0 Å². The molecule has 1 rings (SSSR count). The highest BCUT2D eigenvalue weighted by molar-refractivity contribution is 5.77.